The summed E-state index contributed by atoms with van der Waals surface area (Å²) in [4.78, 5) is -1.88. The molecule has 0 aliphatic heterocycles. The van der Waals surface area contributed by atoms with Gasteiger partial charge in [0.25, 0.3) is 0 Å². The van der Waals surface area contributed by atoms with Crippen LogP contribution >= 0.6 is 0 Å². The molecule has 130 valence electrons. The van der Waals surface area contributed by atoms with Crippen molar-refractivity contribution in [3.8, 4) is 0 Å². The van der Waals surface area contributed by atoms with Gasteiger partial charge in [-0.1, -0.05) is 84.0 Å². The minimum Gasteiger partial charge on any atom is -0.870 e. The second kappa shape index (κ2) is 16.2. The zero-order valence-electron chi connectivity index (χ0n) is 13.8. The molecule has 0 aliphatic rings. The van der Waals surface area contributed by atoms with Crippen molar-refractivity contribution in [1.29, 1.82) is 0 Å². The Balaban J connectivity index is 0. The molecule has 0 radical (unpaired) electrons. The molecule has 5 heteroatoms. The molecular formula is C16H37NO4. The maximum atomic E-state index is 8.66. The summed E-state index contributed by atoms with van der Waals surface area (Å²) in [6, 6.07) is 0. The van der Waals surface area contributed by atoms with Crippen LogP contribution in [-0.2, 0) is 0 Å². The molecule has 0 aliphatic carbocycles. The van der Waals surface area contributed by atoms with Gasteiger partial charge in [-0.05, 0) is 6.42 Å². The van der Waals surface area contributed by atoms with Crippen molar-refractivity contribution in [2.45, 2.75) is 96.8 Å². The average Bonchev–Trinajstić information content (AvgIpc) is 2.38. The van der Waals surface area contributed by atoms with Crippen molar-refractivity contribution in [2.24, 2.45) is 0 Å². The van der Waals surface area contributed by atoms with Crippen LogP contribution in [0.4, 0.5) is 0 Å². The molecule has 0 saturated carbocycles. The lowest BCUT2D eigenvalue weighted by molar-refractivity contribution is -1.37. The van der Waals surface area contributed by atoms with Gasteiger partial charge in [-0.15, -0.1) is 15.6 Å². The van der Waals surface area contributed by atoms with Gasteiger partial charge in [0.2, 0.25) is 0 Å². The number of quaternary nitrogens is 1. The molecule has 0 unspecified atom stereocenters. The highest BCUT2D eigenvalue weighted by Crippen LogP contribution is 2.13. The Labute approximate surface area is 130 Å². The fourth-order valence-electron chi connectivity index (χ4n) is 2.52. The number of hydrogen-bond acceptors (Lipinski definition) is 4. The van der Waals surface area contributed by atoms with E-state index in [1.165, 1.54) is 70.6 Å². The zero-order chi connectivity index (χ0) is 15.1. The van der Waals surface area contributed by atoms with Crippen LogP contribution in [0.2, 0.25) is 0 Å². The largest absolute Gasteiger partial charge is 0.870 e. The lowest BCUT2D eigenvalue weighted by atomic mass is 10.0. The van der Waals surface area contributed by atoms with Gasteiger partial charge < -0.3 is 5.48 Å². The average molecular weight is 307 g/mol. The molecule has 0 aromatic heterocycles. The lowest BCUT2D eigenvalue weighted by Crippen LogP contribution is -2.37. The summed E-state index contributed by atoms with van der Waals surface area (Å²) in [5, 5.41) is 26.0. The molecule has 0 amide bonds. The minimum atomic E-state index is -1.88. The number of rotatable bonds is 15. The lowest BCUT2D eigenvalue weighted by Gasteiger charge is -2.10. The fourth-order valence-corrected chi connectivity index (χ4v) is 2.52. The first-order chi connectivity index (χ1) is 9.56. The first kappa shape index (κ1) is 23.1. The first-order valence-corrected chi connectivity index (χ1v) is 8.62. The van der Waals surface area contributed by atoms with Crippen LogP contribution in [0.1, 0.15) is 96.8 Å². The summed E-state index contributed by atoms with van der Waals surface area (Å²) < 4.78 is 0. The summed E-state index contributed by atoms with van der Waals surface area (Å²) in [5.74, 6) is 0. The van der Waals surface area contributed by atoms with Gasteiger partial charge in [0, 0.05) is 6.42 Å². The van der Waals surface area contributed by atoms with E-state index in [4.69, 9.17) is 15.6 Å². The van der Waals surface area contributed by atoms with Crippen molar-refractivity contribution in [2.75, 3.05) is 6.54 Å². The normalized spacial score (nSPS) is 11.4. The predicted octanol–water partition coefficient (Wildman–Crippen LogP) is 5.28. The Kier molecular flexibility index (Phi) is 17.8. The molecule has 0 aromatic rings. The van der Waals surface area contributed by atoms with E-state index in [1.807, 2.05) is 0 Å². The maximum absolute atomic E-state index is 8.66. The maximum Gasteiger partial charge on any atom is 0.177 e. The molecular weight excluding hydrogens is 270 g/mol. The Morgan fingerprint density at radius 3 is 1.10 bits per heavy atom. The van der Waals surface area contributed by atoms with E-state index in [2.05, 4.69) is 6.92 Å². The first-order valence-electron chi connectivity index (χ1n) is 8.62. The van der Waals surface area contributed by atoms with E-state index in [0.29, 0.717) is 6.42 Å². The Morgan fingerprint density at radius 2 is 0.810 bits per heavy atom. The highest BCUT2D eigenvalue weighted by atomic mass is 17.1. The number of unbranched alkanes of at least 4 members (excludes halogenated alkanes) is 13. The van der Waals surface area contributed by atoms with E-state index in [-0.39, 0.29) is 12.0 Å². The second-order valence-corrected chi connectivity index (χ2v) is 6.01. The summed E-state index contributed by atoms with van der Waals surface area (Å²) >= 11 is 0. The van der Waals surface area contributed by atoms with Gasteiger partial charge in [-0.3, -0.25) is 0 Å². The smallest absolute Gasteiger partial charge is 0.177 e. The van der Waals surface area contributed by atoms with E-state index < -0.39 is 4.97 Å². The number of hydrogen-bond donors (Lipinski definition) is 3. The summed E-state index contributed by atoms with van der Waals surface area (Å²) in [7, 11) is 0. The molecule has 0 heterocycles. The summed E-state index contributed by atoms with van der Waals surface area (Å²) in [5.41, 5.74) is 0. The van der Waals surface area contributed by atoms with Gasteiger partial charge in [-0.2, -0.15) is 0 Å². The van der Waals surface area contributed by atoms with Gasteiger partial charge in [0.05, 0.1) is 4.97 Å². The van der Waals surface area contributed by atoms with Crippen molar-refractivity contribution in [1.82, 2.24) is 0 Å². The third kappa shape index (κ3) is 22.2. The van der Waals surface area contributed by atoms with E-state index in [1.54, 1.807) is 0 Å². The molecule has 0 rings (SSSR count). The van der Waals surface area contributed by atoms with Crippen LogP contribution in [0.5, 0.6) is 0 Å². The van der Waals surface area contributed by atoms with Gasteiger partial charge in [0.1, 0.15) is 0 Å². The second-order valence-electron chi connectivity index (χ2n) is 6.01. The van der Waals surface area contributed by atoms with Crippen LogP contribution < -0.4 is 0 Å². The third-order valence-corrected chi connectivity index (χ3v) is 3.81. The van der Waals surface area contributed by atoms with Crippen molar-refractivity contribution in [3.05, 3.63) is 0 Å². The van der Waals surface area contributed by atoms with E-state index >= 15 is 0 Å². The molecule has 0 saturated heterocycles. The van der Waals surface area contributed by atoms with Crippen molar-refractivity contribution >= 4 is 0 Å². The highest BCUT2D eigenvalue weighted by Gasteiger charge is 2.16. The molecule has 0 fully saturated rings. The molecule has 0 bridgehead atoms. The Bertz CT molecular complexity index is 195. The predicted molar refractivity (Wildman–Crippen MR) is 82.7 cm³/mol. The van der Waals surface area contributed by atoms with Crippen LogP contribution in [0.3, 0.4) is 0 Å². The van der Waals surface area contributed by atoms with Crippen molar-refractivity contribution < 1.29 is 26.1 Å². The zero-order valence-corrected chi connectivity index (χ0v) is 13.8. The van der Waals surface area contributed by atoms with Gasteiger partial charge >= 0.3 is 0 Å². The number of hydroxylamine groups is 3. The molecule has 21 heavy (non-hydrogen) atoms. The van der Waals surface area contributed by atoms with Crippen LogP contribution in [-0.4, -0.2) is 32.6 Å². The quantitative estimate of drug-likeness (QED) is 0.218. The molecule has 4 N–H and O–H groups in total. The topological polar surface area (TPSA) is 90.7 Å². The van der Waals surface area contributed by atoms with Crippen LogP contribution in [0.15, 0.2) is 0 Å². The third-order valence-electron chi connectivity index (χ3n) is 3.81. The van der Waals surface area contributed by atoms with E-state index in [0.717, 1.165) is 12.8 Å². The summed E-state index contributed by atoms with van der Waals surface area (Å²) in [6.07, 6.45) is 17.6. The highest BCUT2D eigenvalue weighted by molar-refractivity contribution is 4.48. The molecule has 0 aromatic carbocycles. The summed E-state index contributed by atoms with van der Waals surface area (Å²) in [6.45, 7) is 2.25. The molecule has 5 nitrogen and oxygen atoms in total. The van der Waals surface area contributed by atoms with Crippen LogP contribution in [0, 0.1) is 0 Å². The number of nitrogens with zero attached hydrogens (tertiary/aromatic N) is 1. The van der Waals surface area contributed by atoms with E-state index in [9.17, 15) is 0 Å². The standard InChI is InChI=1S/C16H36NO3.H2O/c1-2-3-4-5-6-7-8-9-10-11-12-13-14-15-16-17(18,19)20;/h18-20H,2-16H2,1H3;1H2/q+1;/p-1. The molecule has 0 spiro atoms. The van der Waals surface area contributed by atoms with Crippen molar-refractivity contribution in [3.63, 3.8) is 0 Å². The SMILES string of the molecule is CCCCCCCCCCCCCCCC[N+](O)(O)O.[OH-]. The monoisotopic (exact) mass is 307 g/mol. The van der Waals surface area contributed by atoms with Gasteiger partial charge in [0.15, 0.2) is 6.54 Å². The Hall–Kier alpha value is -0.200. The van der Waals surface area contributed by atoms with Crippen LogP contribution in [0.25, 0.3) is 0 Å². The Morgan fingerprint density at radius 1 is 0.524 bits per heavy atom. The molecule has 0 atom stereocenters. The van der Waals surface area contributed by atoms with Gasteiger partial charge in [-0.25, -0.2) is 0 Å². The minimum absolute atomic E-state index is 0. The fraction of sp³-hybridized carbons (Fsp3) is 1.00.